The third-order valence-electron chi connectivity index (χ3n) is 5.56. The number of rotatable bonds is 6. The molecular formula is C21H21F2N3O4S. The van der Waals surface area contributed by atoms with Crippen LogP contribution in [0.4, 0.5) is 8.78 Å². The van der Waals surface area contributed by atoms with E-state index < -0.39 is 34.0 Å². The van der Waals surface area contributed by atoms with E-state index in [1.807, 2.05) is 6.92 Å². The van der Waals surface area contributed by atoms with Gasteiger partial charge in [-0.3, -0.25) is 8.86 Å². The zero-order valence-corrected chi connectivity index (χ0v) is 17.7. The predicted molar refractivity (Wildman–Crippen MR) is 107 cm³/mol. The molecule has 1 saturated heterocycles. The predicted octanol–water partition coefficient (Wildman–Crippen LogP) is 3.51. The van der Waals surface area contributed by atoms with Gasteiger partial charge in [-0.15, -0.1) is 0 Å². The summed E-state index contributed by atoms with van der Waals surface area (Å²) < 4.78 is 64.7. The first-order valence-electron chi connectivity index (χ1n) is 9.62. The van der Waals surface area contributed by atoms with Gasteiger partial charge in [-0.1, -0.05) is 12.1 Å². The molecule has 0 N–H and O–H groups in total. The third-order valence-corrected chi connectivity index (χ3v) is 6.83. The summed E-state index contributed by atoms with van der Waals surface area (Å²) in [6.45, 7) is 2.21. The van der Waals surface area contributed by atoms with Crippen LogP contribution >= 0.6 is 0 Å². The molecule has 0 saturated carbocycles. The molecule has 164 valence electrons. The number of aryl methyl sites for hydroxylation is 1. The SMILES string of the molecule is COS(=O)(=O)c1ccc(C)c([C@@H]2C[C@H](c3ccc(F)cc3F)OC2Cn2cncn2)c1. The van der Waals surface area contributed by atoms with E-state index in [1.54, 1.807) is 23.1 Å². The lowest BCUT2D eigenvalue weighted by molar-refractivity contribution is 0.0270. The molecule has 1 fully saturated rings. The minimum Gasteiger partial charge on any atom is -0.368 e. The van der Waals surface area contributed by atoms with E-state index in [2.05, 4.69) is 14.3 Å². The Morgan fingerprint density at radius 1 is 1.19 bits per heavy atom. The molecule has 1 aromatic heterocycles. The summed E-state index contributed by atoms with van der Waals surface area (Å²) in [4.78, 5) is 3.97. The Bertz CT molecular complexity index is 1190. The second-order valence-corrected chi connectivity index (χ2v) is 9.14. The van der Waals surface area contributed by atoms with Gasteiger partial charge in [0.15, 0.2) is 0 Å². The lowest BCUT2D eigenvalue weighted by atomic mass is 9.87. The van der Waals surface area contributed by atoms with Crippen molar-refractivity contribution in [3.05, 3.63) is 77.4 Å². The summed E-state index contributed by atoms with van der Waals surface area (Å²) in [6.07, 6.45) is 2.28. The maximum absolute atomic E-state index is 14.4. The van der Waals surface area contributed by atoms with E-state index in [4.69, 9.17) is 4.74 Å². The fraction of sp³-hybridized carbons (Fsp3) is 0.333. The molecule has 0 aliphatic carbocycles. The average Bonchev–Trinajstić information content (AvgIpc) is 3.39. The number of nitrogens with zero attached hydrogens (tertiary/aromatic N) is 3. The highest BCUT2D eigenvalue weighted by atomic mass is 32.2. The fourth-order valence-corrected chi connectivity index (χ4v) is 4.68. The van der Waals surface area contributed by atoms with Crippen molar-refractivity contribution in [2.45, 2.75) is 42.9 Å². The summed E-state index contributed by atoms with van der Waals surface area (Å²) in [5.41, 5.74) is 1.88. The van der Waals surface area contributed by atoms with E-state index in [9.17, 15) is 17.2 Å². The van der Waals surface area contributed by atoms with Gasteiger partial charge in [-0.05, 0) is 42.7 Å². The second kappa shape index (κ2) is 8.45. The molecule has 2 heterocycles. The molecule has 0 spiro atoms. The number of hydrogen-bond donors (Lipinski definition) is 0. The Balaban J connectivity index is 1.73. The lowest BCUT2D eigenvalue weighted by Crippen LogP contribution is -2.22. The molecule has 1 aliphatic rings. The smallest absolute Gasteiger partial charge is 0.296 e. The number of ether oxygens (including phenoxy) is 1. The summed E-state index contributed by atoms with van der Waals surface area (Å²) in [5.74, 6) is -1.61. The Labute approximate surface area is 178 Å². The summed E-state index contributed by atoms with van der Waals surface area (Å²) >= 11 is 0. The van der Waals surface area contributed by atoms with E-state index >= 15 is 0 Å². The van der Waals surface area contributed by atoms with Crippen molar-refractivity contribution in [2.75, 3.05) is 7.11 Å². The van der Waals surface area contributed by atoms with Crippen LogP contribution in [0.5, 0.6) is 0 Å². The van der Waals surface area contributed by atoms with Crippen LogP contribution in [0.15, 0.2) is 53.9 Å². The Kier molecular flexibility index (Phi) is 5.87. The zero-order chi connectivity index (χ0) is 22.2. The highest BCUT2D eigenvalue weighted by molar-refractivity contribution is 7.86. The highest BCUT2D eigenvalue weighted by Gasteiger charge is 2.39. The molecule has 4 rings (SSSR count). The Morgan fingerprint density at radius 3 is 2.68 bits per heavy atom. The largest absolute Gasteiger partial charge is 0.368 e. The molecule has 0 amide bonds. The number of halogens is 2. The summed E-state index contributed by atoms with van der Waals surface area (Å²) in [7, 11) is -2.78. The van der Waals surface area contributed by atoms with E-state index in [0.717, 1.165) is 24.3 Å². The molecule has 0 bridgehead atoms. The maximum atomic E-state index is 14.4. The van der Waals surface area contributed by atoms with Gasteiger partial charge < -0.3 is 4.74 Å². The van der Waals surface area contributed by atoms with Crippen LogP contribution in [0.2, 0.25) is 0 Å². The first-order chi connectivity index (χ1) is 14.8. The highest BCUT2D eigenvalue weighted by Crippen LogP contribution is 2.45. The Morgan fingerprint density at radius 2 is 2.00 bits per heavy atom. The molecular weight excluding hydrogens is 428 g/mol. The van der Waals surface area contributed by atoms with Crippen molar-refractivity contribution in [2.24, 2.45) is 0 Å². The van der Waals surface area contributed by atoms with Gasteiger partial charge in [0.1, 0.15) is 24.3 Å². The molecule has 0 radical (unpaired) electrons. The van der Waals surface area contributed by atoms with E-state index in [-0.39, 0.29) is 16.4 Å². The van der Waals surface area contributed by atoms with Crippen LogP contribution in [-0.2, 0) is 25.6 Å². The van der Waals surface area contributed by atoms with Crippen molar-refractivity contribution in [1.82, 2.24) is 14.8 Å². The first-order valence-corrected chi connectivity index (χ1v) is 11.0. The van der Waals surface area contributed by atoms with Crippen molar-refractivity contribution in [1.29, 1.82) is 0 Å². The van der Waals surface area contributed by atoms with E-state index in [0.29, 0.717) is 13.0 Å². The van der Waals surface area contributed by atoms with Gasteiger partial charge in [0, 0.05) is 17.5 Å². The van der Waals surface area contributed by atoms with Crippen molar-refractivity contribution < 1.29 is 26.1 Å². The standard InChI is InChI=1S/C21H21F2N3O4S/c1-13-3-5-15(31(27,28)29-2)8-17(13)18-9-20(16-6-4-14(22)7-19(16)23)30-21(18)10-26-12-24-11-25-26/h3-8,11-12,18,20-21H,9-10H2,1-2H3/t18-,20+,21?/m0/s1. The van der Waals surface area contributed by atoms with Gasteiger partial charge in [-0.25, -0.2) is 13.8 Å². The van der Waals surface area contributed by atoms with Gasteiger partial charge in [-0.2, -0.15) is 13.5 Å². The minimum absolute atomic E-state index is 0.0338. The van der Waals surface area contributed by atoms with E-state index in [1.165, 1.54) is 24.5 Å². The maximum Gasteiger partial charge on any atom is 0.296 e. The number of hydrogen-bond acceptors (Lipinski definition) is 6. The van der Waals surface area contributed by atoms with Crippen LogP contribution in [0.25, 0.3) is 0 Å². The molecule has 2 aromatic carbocycles. The van der Waals surface area contributed by atoms with Gasteiger partial charge in [0.2, 0.25) is 0 Å². The zero-order valence-electron chi connectivity index (χ0n) is 16.9. The summed E-state index contributed by atoms with van der Waals surface area (Å²) in [6, 6.07) is 8.16. The molecule has 10 heteroatoms. The van der Waals surface area contributed by atoms with Crippen LogP contribution < -0.4 is 0 Å². The molecule has 3 atom stereocenters. The number of benzene rings is 2. The van der Waals surface area contributed by atoms with Crippen LogP contribution in [-0.4, -0.2) is 36.4 Å². The number of aromatic nitrogens is 3. The van der Waals surface area contributed by atoms with Crippen molar-refractivity contribution >= 4 is 10.1 Å². The van der Waals surface area contributed by atoms with Gasteiger partial charge >= 0.3 is 0 Å². The first kappa shape index (κ1) is 21.5. The second-order valence-electron chi connectivity index (χ2n) is 7.43. The fourth-order valence-electron chi connectivity index (χ4n) is 3.99. The molecule has 3 aromatic rings. The Hall–Kier alpha value is -2.69. The molecule has 1 unspecified atom stereocenters. The lowest BCUT2D eigenvalue weighted by Gasteiger charge is -2.21. The van der Waals surface area contributed by atoms with Gasteiger partial charge in [0.25, 0.3) is 10.1 Å². The summed E-state index contributed by atoms with van der Waals surface area (Å²) in [5, 5.41) is 4.11. The quantitative estimate of drug-likeness (QED) is 0.536. The minimum atomic E-state index is -3.88. The van der Waals surface area contributed by atoms with Crippen LogP contribution in [0.1, 0.15) is 35.1 Å². The normalized spacial score (nSPS) is 21.5. The molecule has 1 aliphatic heterocycles. The molecule has 7 nitrogen and oxygen atoms in total. The van der Waals surface area contributed by atoms with Crippen molar-refractivity contribution in [3.8, 4) is 0 Å². The van der Waals surface area contributed by atoms with Crippen molar-refractivity contribution in [3.63, 3.8) is 0 Å². The third kappa shape index (κ3) is 4.36. The average molecular weight is 449 g/mol. The molecule has 31 heavy (non-hydrogen) atoms. The van der Waals surface area contributed by atoms with Gasteiger partial charge in [0.05, 0.1) is 30.8 Å². The van der Waals surface area contributed by atoms with Crippen LogP contribution in [0, 0.1) is 18.6 Å². The monoisotopic (exact) mass is 449 g/mol. The topological polar surface area (TPSA) is 83.3 Å². The van der Waals surface area contributed by atoms with Crippen LogP contribution in [0.3, 0.4) is 0 Å².